The van der Waals surface area contributed by atoms with Crippen molar-refractivity contribution in [2.75, 3.05) is 7.11 Å². The van der Waals surface area contributed by atoms with Gasteiger partial charge in [0.25, 0.3) is 0 Å². The number of ether oxygens (including phenoxy) is 1. The summed E-state index contributed by atoms with van der Waals surface area (Å²) in [5, 5.41) is 0. The maximum absolute atomic E-state index is 12.7. The van der Waals surface area contributed by atoms with Crippen LogP contribution >= 0.6 is 0 Å². The number of hydrogen-bond acceptors (Lipinski definition) is 2. The zero-order valence-electron chi connectivity index (χ0n) is 18.4. The van der Waals surface area contributed by atoms with Crippen LogP contribution in [0.2, 0.25) is 0 Å². The third-order valence-corrected chi connectivity index (χ3v) is 5.08. The molecule has 0 aliphatic heterocycles. The Kier molecular flexibility index (Phi) is 8.02. The van der Waals surface area contributed by atoms with Crippen LogP contribution in [0.1, 0.15) is 65.5 Å². The number of aryl methyl sites for hydroxylation is 1. The molecule has 1 aromatic rings. The van der Waals surface area contributed by atoms with Crippen molar-refractivity contribution in [2.45, 2.75) is 61.3 Å². The van der Waals surface area contributed by atoms with Gasteiger partial charge in [-0.05, 0) is 78.2 Å². The van der Waals surface area contributed by atoms with E-state index in [0.717, 1.165) is 44.7 Å². The highest BCUT2D eigenvalue weighted by Crippen LogP contribution is 2.43. The SMILES string of the molecule is C=C(C)/C(=C(C)\C(C)=C/C)C(C(C(C)=O)=C(C)C)c1ccc(C)cc1OC. The van der Waals surface area contributed by atoms with E-state index in [4.69, 9.17) is 4.74 Å². The third-order valence-electron chi connectivity index (χ3n) is 5.08. The van der Waals surface area contributed by atoms with Crippen LogP contribution in [0, 0.1) is 6.92 Å². The fourth-order valence-electron chi connectivity index (χ4n) is 3.57. The molecule has 0 N–H and O–H groups in total. The molecule has 1 atom stereocenters. The monoisotopic (exact) mass is 366 g/mol. The van der Waals surface area contributed by atoms with Gasteiger partial charge in [0.15, 0.2) is 5.78 Å². The van der Waals surface area contributed by atoms with Crippen molar-refractivity contribution in [1.82, 2.24) is 0 Å². The standard InChI is InChI=1S/C25H34O2/c1-11-18(7)19(8)23(15(2)3)25(24(16(4)5)20(9)26)21-13-12-17(6)14-22(21)27-10/h11-14,25H,2H2,1,3-10H3/b18-11-,23-19+. The summed E-state index contributed by atoms with van der Waals surface area (Å²) in [4.78, 5) is 12.7. The minimum Gasteiger partial charge on any atom is -0.496 e. The van der Waals surface area contributed by atoms with Crippen LogP contribution in [0.3, 0.4) is 0 Å². The van der Waals surface area contributed by atoms with E-state index in [2.05, 4.69) is 38.6 Å². The molecule has 27 heavy (non-hydrogen) atoms. The molecule has 0 spiro atoms. The molecule has 0 radical (unpaired) electrons. The van der Waals surface area contributed by atoms with Crippen LogP contribution in [0.25, 0.3) is 0 Å². The first-order valence-corrected chi connectivity index (χ1v) is 9.39. The fraction of sp³-hybridized carbons (Fsp3) is 0.400. The second kappa shape index (κ2) is 9.55. The van der Waals surface area contributed by atoms with Gasteiger partial charge in [-0.3, -0.25) is 4.79 Å². The number of methoxy groups -OCH3 is 1. The van der Waals surface area contributed by atoms with Gasteiger partial charge in [-0.1, -0.05) is 41.5 Å². The average molecular weight is 367 g/mol. The molecule has 0 heterocycles. The van der Waals surface area contributed by atoms with Gasteiger partial charge < -0.3 is 4.74 Å². The number of ketones is 1. The van der Waals surface area contributed by atoms with Crippen molar-refractivity contribution in [1.29, 1.82) is 0 Å². The van der Waals surface area contributed by atoms with Gasteiger partial charge in [0.05, 0.1) is 7.11 Å². The quantitative estimate of drug-likeness (QED) is 0.389. The molecule has 0 aliphatic carbocycles. The molecule has 0 fully saturated rings. The zero-order valence-corrected chi connectivity index (χ0v) is 18.4. The molecule has 0 amide bonds. The number of allylic oxidation sites excluding steroid dienone is 7. The molecule has 1 rings (SSSR count). The van der Waals surface area contributed by atoms with Gasteiger partial charge in [0, 0.05) is 17.1 Å². The van der Waals surface area contributed by atoms with Gasteiger partial charge >= 0.3 is 0 Å². The van der Waals surface area contributed by atoms with Crippen molar-refractivity contribution in [3.8, 4) is 5.75 Å². The Morgan fingerprint density at radius 3 is 2.07 bits per heavy atom. The van der Waals surface area contributed by atoms with Crippen molar-refractivity contribution < 1.29 is 9.53 Å². The van der Waals surface area contributed by atoms with E-state index in [-0.39, 0.29) is 11.7 Å². The Hall–Kier alpha value is -2.35. The van der Waals surface area contributed by atoms with E-state index < -0.39 is 0 Å². The molecule has 0 saturated carbocycles. The van der Waals surface area contributed by atoms with E-state index in [1.807, 2.05) is 40.7 Å². The van der Waals surface area contributed by atoms with Crippen molar-refractivity contribution in [3.05, 3.63) is 75.4 Å². The van der Waals surface area contributed by atoms with E-state index in [1.165, 1.54) is 5.57 Å². The van der Waals surface area contributed by atoms with Crippen molar-refractivity contribution >= 4 is 5.78 Å². The summed E-state index contributed by atoms with van der Waals surface area (Å²) in [6.45, 7) is 20.2. The Labute approximate surface area is 165 Å². The molecule has 0 aromatic heterocycles. The second-order valence-corrected chi connectivity index (χ2v) is 7.44. The molecule has 146 valence electrons. The normalized spacial score (nSPS) is 13.6. The lowest BCUT2D eigenvalue weighted by Gasteiger charge is -2.28. The van der Waals surface area contributed by atoms with Gasteiger partial charge in [-0.25, -0.2) is 0 Å². The van der Waals surface area contributed by atoms with Crippen LogP contribution in [-0.4, -0.2) is 12.9 Å². The fourth-order valence-corrected chi connectivity index (χ4v) is 3.57. The summed E-state index contributed by atoms with van der Waals surface area (Å²) in [6.07, 6.45) is 2.09. The molecule has 2 heteroatoms. The Balaban J connectivity index is 4.05. The first kappa shape index (κ1) is 22.7. The summed E-state index contributed by atoms with van der Waals surface area (Å²) in [5.74, 6) is 0.660. The van der Waals surface area contributed by atoms with Crippen LogP contribution in [0.15, 0.2) is 64.3 Å². The van der Waals surface area contributed by atoms with E-state index >= 15 is 0 Å². The number of hydrogen-bond donors (Lipinski definition) is 0. The predicted molar refractivity (Wildman–Crippen MR) is 116 cm³/mol. The lowest BCUT2D eigenvalue weighted by molar-refractivity contribution is -0.113. The number of carbonyl (C=O) groups excluding carboxylic acids is 1. The second-order valence-electron chi connectivity index (χ2n) is 7.44. The summed E-state index contributed by atoms with van der Waals surface area (Å²) < 4.78 is 5.71. The van der Waals surface area contributed by atoms with Crippen molar-refractivity contribution in [2.24, 2.45) is 0 Å². The third kappa shape index (κ3) is 5.09. The van der Waals surface area contributed by atoms with Crippen molar-refractivity contribution in [3.63, 3.8) is 0 Å². The first-order valence-electron chi connectivity index (χ1n) is 9.39. The summed E-state index contributed by atoms with van der Waals surface area (Å²) in [5.41, 5.74) is 8.31. The minimum absolute atomic E-state index is 0.0762. The first-order chi connectivity index (χ1) is 12.6. The highest BCUT2D eigenvalue weighted by molar-refractivity contribution is 5.97. The predicted octanol–water partition coefficient (Wildman–Crippen LogP) is 6.87. The maximum Gasteiger partial charge on any atom is 0.156 e. The molecule has 0 saturated heterocycles. The maximum atomic E-state index is 12.7. The Morgan fingerprint density at radius 2 is 1.67 bits per heavy atom. The molecular formula is C25H34O2. The molecular weight excluding hydrogens is 332 g/mol. The number of carbonyl (C=O) groups is 1. The molecule has 1 unspecified atom stereocenters. The summed E-state index contributed by atoms with van der Waals surface area (Å²) in [6, 6.07) is 6.17. The summed E-state index contributed by atoms with van der Waals surface area (Å²) in [7, 11) is 1.68. The Bertz CT molecular complexity index is 828. The lowest BCUT2D eigenvalue weighted by atomic mass is 9.75. The van der Waals surface area contributed by atoms with Crippen LogP contribution < -0.4 is 4.74 Å². The topological polar surface area (TPSA) is 26.3 Å². The van der Waals surface area contributed by atoms with Crippen LogP contribution in [-0.2, 0) is 4.79 Å². The molecule has 0 bridgehead atoms. The largest absolute Gasteiger partial charge is 0.496 e. The number of rotatable bonds is 7. The number of Topliss-reactive ketones (excluding diaryl/α,β-unsaturated/α-hetero) is 1. The molecule has 0 aliphatic rings. The summed E-state index contributed by atoms with van der Waals surface area (Å²) >= 11 is 0. The Morgan fingerprint density at radius 1 is 1.07 bits per heavy atom. The highest BCUT2D eigenvalue weighted by Gasteiger charge is 2.29. The van der Waals surface area contributed by atoms with Gasteiger partial charge in [-0.15, -0.1) is 0 Å². The minimum atomic E-state index is -0.213. The smallest absolute Gasteiger partial charge is 0.156 e. The van der Waals surface area contributed by atoms with Gasteiger partial charge in [0.2, 0.25) is 0 Å². The van der Waals surface area contributed by atoms with Crippen LogP contribution in [0.5, 0.6) is 5.75 Å². The van der Waals surface area contributed by atoms with Crippen LogP contribution in [0.4, 0.5) is 0 Å². The van der Waals surface area contributed by atoms with E-state index in [9.17, 15) is 4.79 Å². The highest BCUT2D eigenvalue weighted by atomic mass is 16.5. The average Bonchev–Trinajstić information content (AvgIpc) is 2.59. The zero-order chi connectivity index (χ0) is 20.9. The molecule has 1 aromatic carbocycles. The van der Waals surface area contributed by atoms with E-state index in [0.29, 0.717) is 0 Å². The lowest BCUT2D eigenvalue weighted by Crippen LogP contribution is -2.16. The van der Waals surface area contributed by atoms with E-state index in [1.54, 1.807) is 14.0 Å². The molecule has 2 nitrogen and oxygen atoms in total. The number of benzene rings is 1. The van der Waals surface area contributed by atoms with Gasteiger partial charge in [-0.2, -0.15) is 0 Å². The van der Waals surface area contributed by atoms with Gasteiger partial charge in [0.1, 0.15) is 5.75 Å².